The van der Waals surface area contributed by atoms with E-state index in [1.165, 1.54) is 10.9 Å². The molecule has 6 heterocycles. The van der Waals surface area contributed by atoms with Gasteiger partial charge in [-0.05, 0) is 23.2 Å². The zero-order valence-electron chi connectivity index (χ0n) is 23.1. The molecule has 43 heavy (non-hydrogen) atoms. The molecule has 0 aromatic carbocycles. The number of aliphatic hydroxyl groups excluding tert-OH is 3. The summed E-state index contributed by atoms with van der Waals surface area (Å²) in [5, 5.41) is 28.8. The summed E-state index contributed by atoms with van der Waals surface area (Å²) >= 11 is 11.6. The molecule has 234 valence electrons. The van der Waals surface area contributed by atoms with Crippen LogP contribution < -0.4 is 11.5 Å². The second-order valence-electron chi connectivity index (χ2n) is 9.55. The first-order valence-corrected chi connectivity index (χ1v) is 13.5. The predicted octanol–water partition coefficient (Wildman–Crippen LogP) is -0.691. The number of methoxy groups -OCH3 is 3. The second-order valence-corrected chi connectivity index (χ2v) is 10.2. The quantitative estimate of drug-likeness (QED) is 0.156. The van der Waals surface area contributed by atoms with Crippen LogP contribution in [0.3, 0.4) is 0 Å². The molecule has 2 fully saturated rings. The third kappa shape index (κ3) is 5.78. The van der Waals surface area contributed by atoms with Gasteiger partial charge in [-0.2, -0.15) is 19.9 Å². The number of anilines is 2. The van der Waals surface area contributed by atoms with Gasteiger partial charge in [0.25, 0.3) is 0 Å². The van der Waals surface area contributed by atoms with E-state index in [9.17, 15) is 10.2 Å². The first kappa shape index (κ1) is 31.4. The highest BCUT2D eigenvalue weighted by atomic mass is 35.5. The molecule has 20 heteroatoms. The Bertz CT molecular complexity index is 1580. The summed E-state index contributed by atoms with van der Waals surface area (Å²) in [6.45, 7) is -0.0430. The molecular weight excluding hydrogens is 615 g/mol. The van der Waals surface area contributed by atoms with Crippen molar-refractivity contribution in [3.63, 3.8) is 0 Å². The lowest BCUT2D eigenvalue weighted by molar-refractivity contribution is -0.0636. The Morgan fingerprint density at radius 1 is 0.791 bits per heavy atom. The van der Waals surface area contributed by atoms with E-state index in [1.54, 1.807) is 32.2 Å². The summed E-state index contributed by atoms with van der Waals surface area (Å²) in [6, 6.07) is 0. The minimum absolute atomic E-state index is 0.0421. The van der Waals surface area contributed by atoms with Gasteiger partial charge in [0.05, 0.1) is 25.9 Å². The van der Waals surface area contributed by atoms with Gasteiger partial charge in [0.15, 0.2) is 35.4 Å². The molecule has 0 spiro atoms. The Morgan fingerprint density at radius 3 is 1.77 bits per heavy atom. The van der Waals surface area contributed by atoms with Gasteiger partial charge in [-0.3, -0.25) is 9.13 Å². The van der Waals surface area contributed by atoms with Crippen molar-refractivity contribution in [3.8, 4) is 0 Å². The van der Waals surface area contributed by atoms with Crippen LogP contribution in [0.4, 0.5) is 11.6 Å². The van der Waals surface area contributed by atoms with Crippen LogP contribution in [-0.2, 0) is 23.7 Å². The summed E-state index contributed by atoms with van der Waals surface area (Å²) in [7, 11) is 4.80. The average molecular weight is 645 g/mol. The number of hydrogen-bond donors (Lipinski definition) is 5. The van der Waals surface area contributed by atoms with Crippen molar-refractivity contribution in [3.05, 3.63) is 23.2 Å². The number of aliphatic hydroxyl groups is 3. The van der Waals surface area contributed by atoms with Crippen molar-refractivity contribution in [2.45, 2.75) is 49.1 Å². The fourth-order valence-electron chi connectivity index (χ4n) is 5.07. The Morgan fingerprint density at radius 2 is 1.30 bits per heavy atom. The highest BCUT2D eigenvalue weighted by Crippen LogP contribution is 2.36. The topological polar surface area (TPSA) is 246 Å². The van der Waals surface area contributed by atoms with Crippen molar-refractivity contribution in [1.29, 1.82) is 0 Å². The molecule has 0 radical (unpaired) electrons. The first-order chi connectivity index (χ1) is 20.6. The molecule has 0 aliphatic carbocycles. The minimum Gasteiger partial charge on any atom is -0.394 e. The molecule has 6 rings (SSSR count). The number of nitrogen functional groups attached to an aromatic ring is 2. The standard InChI is InChI=1S/C13H18ClN5O4.C10H12ClN5O4/c1-20-4-6-8(21-2)9(22-3)12(23-6)19-5-16-7-10(15)17-13(14)18-11(7)19;11-10-14-7(12)4-8(15-10)16(2-13-4)9-6(19)5(18)3(1-17)20-9/h5-6,8-9,12H,4H2,1-3H3,(H2,15,17,18);2-3,5-6,9,17-19H,1H2,(H2,12,14,15)/t6-,8-,9-,12-;3-,5-,6-,9-/m11/s1. The SMILES string of the molecule is COC[C@H]1O[C@@H](n2cnc3c(N)nc(Cl)nc32)[C@H](OC)[C@@H]1OC.Nc1nc(Cl)nc2c1ncn2[C@@H]1O[C@H](CO)[C@@H](O)[C@H]1O. The van der Waals surface area contributed by atoms with Gasteiger partial charge in [-0.25, -0.2) is 9.97 Å². The average Bonchev–Trinajstić information content (AvgIpc) is 3.73. The maximum Gasteiger partial charge on any atom is 0.226 e. The van der Waals surface area contributed by atoms with Gasteiger partial charge < -0.3 is 50.5 Å². The van der Waals surface area contributed by atoms with E-state index in [0.717, 1.165) is 0 Å². The second kappa shape index (κ2) is 12.9. The molecule has 0 bridgehead atoms. The molecular formula is C23H30Cl2N10O8. The number of nitrogens with two attached hydrogens (primary N) is 2. The monoisotopic (exact) mass is 644 g/mol. The van der Waals surface area contributed by atoms with E-state index in [2.05, 4.69) is 29.9 Å². The fourth-order valence-corrected chi connectivity index (χ4v) is 5.41. The van der Waals surface area contributed by atoms with E-state index in [4.69, 9.17) is 63.5 Å². The van der Waals surface area contributed by atoms with E-state index in [1.807, 2.05) is 0 Å². The number of rotatable bonds is 7. The molecule has 4 aromatic rings. The lowest BCUT2D eigenvalue weighted by Gasteiger charge is -2.22. The maximum absolute atomic E-state index is 9.99. The summed E-state index contributed by atoms with van der Waals surface area (Å²) in [5.41, 5.74) is 13.0. The van der Waals surface area contributed by atoms with Crippen molar-refractivity contribution >= 4 is 57.2 Å². The lowest BCUT2D eigenvalue weighted by atomic mass is 10.1. The Labute approximate surface area is 253 Å². The molecule has 18 nitrogen and oxygen atoms in total. The molecule has 2 saturated heterocycles. The third-order valence-electron chi connectivity index (χ3n) is 7.07. The molecule has 4 aromatic heterocycles. The lowest BCUT2D eigenvalue weighted by Crippen LogP contribution is -2.36. The van der Waals surface area contributed by atoms with Crippen LogP contribution in [0.2, 0.25) is 10.6 Å². The van der Waals surface area contributed by atoms with Gasteiger partial charge in [0.1, 0.15) is 47.7 Å². The third-order valence-corrected chi connectivity index (χ3v) is 7.41. The molecule has 0 amide bonds. The highest BCUT2D eigenvalue weighted by Gasteiger charge is 2.47. The zero-order chi connectivity index (χ0) is 31.0. The van der Waals surface area contributed by atoms with Crippen LogP contribution in [0.1, 0.15) is 12.5 Å². The van der Waals surface area contributed by atoms with Crippen molar-refractivity contribution in [1.82, 2.24) is 39.0 Å². The number of ether oxygens (including phenoxy) is 5. The zero-order valence-corrected chi connectivity index (χ0v) is 24.6. The van der Waals surface area contributed by atoms with Crippen molar-refractivity contribution in [2.24, 2.45) is 0 Å². The van der Waals surface area contributed by atoms with E-state index < -0.39 is 37.4 Å². The van der Waals surface area contributed by atoms with Crippen LogP contribution in [-0.4, -0.2) is 126 Å². The van der Waals surface area contributed by atoms with Crippen LogP contribution in [0.15, 0.2) is 12.7 Å². The van der Waals surface area contributed by atoms with E-state index >= 15 is 0 Å². The Hall–Kier alpha value is -3.04. The molecule has 2 aliphatic rings. The molecule has 2 aliphatic heterocycles. The smallest absolute Gasteiger partial charge is 0.226 e. The summed E-state index contributed by atoms with van der Waals surface area (Å²) < 4.78 is 30.8. The minimum atomic E-state index is -1.24. The Kier molecular flexibility index (Phi) is 9.42. The number of nitrogens with zero attached hydrogens (tertiary/aromatic N) is 8. The van der Waals surface area contributed by atoms with Gasteiger partial charge in [0.2, 0.25) is 10.6 Å². The Balaban J connectivity index is 0.000000173. The number of hydrogen-bond acceptors (Lipinski definition) is 16. The van der Waals surface area contributed by atoms with E-state index in [0.29, 0.717) is 23.3 Å². The molecule has 7 N–H and O–H groups in total. The molecule has 0 saturated carbocycles. The van der Waals surface area contributed by atoms with Gasteiger partial charge in [0, 0.05) is 21.3 Å². The van der Waals surface area contributed by atoms with E-state index in [-0.39, 0.29) is 46.2 Å². The summed E-state index contributed by atoms with van der Waals surface area (Å²) in [4.78, 5) is 24.1. The van der Waals surface area contributed by atoms with Crippen LogP contribution in [0.25, 0.3) is 22.3 Å². The number of fused-ring (bicyclic) bond motifs is 2. The first-order valence-electron chi connectivity index (χ1n) is 12.8. The van der Waals surface area contributed by atoms with Gasteiger partial charge in [-0.15, -0.1) is 0 Å². The number of halogens is 2. The fraction of sp³-hybridized carbons (Fsp3) is 0.565. The van der Waals surface area contributed by atoms with Crippen LogP contribution in [0, 0.1) is 0 Å². The maximum atomic E-state index is 9.99. The van der Waals surface area contributed by atoms with Crippen LogP contribution >= 0.6 is 23.2 Å². The summed E-state index contributed by atoms with van der Waals surface area (Å²) in [6.07, 6.45) is -2.80. The van der Waals surface area contributed by atoms with Crippen molar-refractivity contribution < 1.29 is 39.0 Å². The van der Waals surface area contributed by atoms with Crippen molar-refractivity contribution in [2.75, 3.05) is 46.0 Å². The molecule has 0 unspecified atom stereocenters. The van der Waals surface area contributed by atoms with Crippen LogP contribution in [0.5, 0.6) is 0 Å². The summed E-state index contributed by atoms with van der Waals surface area (Å²) in [5.74, 6) is 0.313. The largest absolute Gasteiger partial charge is 0.394 e. The normalized spacial score (nSPS) is 28.9. The molecule has 8 atom stereocenters. The predicted molar refractivity (Wildman–Crippen MR) is 150 cm³/mol. The number of aromatic nitrogens is 8. The highest BCUT2D eigenvalue weighted by molar-refractivity contribution is 6.29. The number of imidazole rings is 2. The van der Waals surface area contributed by atoms with Gasteiger partial charge in [-0.1, -0.05) is 0 Å². The van der Waals surface area contributed by atoms with Gasteiger partial charge >= 0.3 is 0 Å².